The lowest BCUT2D eigenvalue weighted by molar-refractivity contribution is -0.116. The van der Waals surface area contributed by atoms with Gasteiger partial charge in [0.1, 0.15) is 5.82 Å². The first-order valence-corrected chi connectivity index (χ1v) is 9.51. The van der Waals surface area contributed by atoms with E-state index in [0.717, 1.165) is 19.4 Å². The first-order valence-electron chi connectivity index (χ1n) is 8.64. The maximum Gasteiger partial charge on any atom is 0.238 e. The van der Waals surface area contributed by atoms with Gasteiger partial charge in [-0.05, 0) is 53.5 Å². The molecule has 7 nitrogen and oxygen atoms in total. The molecule has 0 saturated carbocycles. The van der Waals surface area contributed by atoms with E-state index in [1.807, 2.05) is 13.8 Å². The van der Waals surface area contributed by atoms with Crippen LogP contribution < -0.4 is 5.32 Å². The molecule has 0 radical (unpaired) electrons. The Labute approximate surface area is 155 Å². The van der Waals surface area contributed by atoms with Gasteiger partial charge >= 0.3 is 0 Å². The van der Waals surface area contributed by atoms with Gasteiger partial charge in [0.05, 0.1) is 17.9 Å². The Balaban J connectivity index is 1.67. The number of anilines is 1. The van der Waals surface area contributed by atoms with E-state index in [4.69, 9.17) is 4.74 Å². The van der Waals surface area contributed by atoms with E-state index < -0.39 is 0 Å². The topological polar surface area (TPSA) is 81.9 Å². The average molecular weight is 379 g/mol. The summed E-state index contributed by atoms with van der Waals surface area (Å²) in [6, 6.07) is 5.71. The van der Waals surface area contributed by atoms with Gasteiger partial charge in [-0.2, -0.15) is 0 Å². The quantitative estimate of drug-likeness (QED) is 0.745. The highest BCUT2D eigenvalue weighted by Gasteiger charge is 2.27. The molecular formula is C17H22FN5O2S. The number of amides is 1. The number of carbonyl (C=O) groups is 1. The summed E-state index contributed by atoms with van der Waals surface area (Å²) in [7, 11) is 0. The number of aromatic nitrogens is 4. The second-order valence-electron chi connectivity index (χ2n) is 6.56. The minimum Gasteiger partial charge on any atom is -0.376 e. The van der Waals surface area contributed by atoms with Crippen molar-refractivity contribution in [1.82, 2.24) is 20.2 Å². The van der Waals surface area contributed by atoms with Gasteiger partial charge in [-0.25, -0.2) is 9.07 Å². The maximum atomic E-state index is 13.0. The number of halogens is 1. The molecule has 1 aromatic heterocycles. The summed E-state index contributed by atoms with van der Waals surface area (Å²) in [5, 5.41) is 14.9. The molecule has 1 fully saturated rings. The van der Waals surface area contributed by atoms with Gasteiger partial charge in [0.15, 0.2) is 0 Å². The highest BCUT2D eigenvalue weighted by Crippen LogP contribution is 2.28. The number of benzene rings is 1. The van der Waals surface area contributed by atoms with Crippen LogP contribution in [-0.4, -0.2) is 44.1 Å². The summed E-state index contributed by atoms with van der Waals surface area (Å²) in [6.07, 6.45) is 2.15. The van der Waals surface area contributed by atoms with Gasteiger partial charge in [-0.15, -0.1) is 5.10 Å². The molecule has 1 amide bonds. The monoisotopic (exact) mass is 379 g/mol. The van der Waals surface area contributed by atoms with Gasteiger partial charge in [-0.1, -0.05) is 25.6 Å². The number of nitrogens with zero attached hydrogens (tertiary/aromatic N) is 4. The van der Waals surface area contributed by atoms with Crippen molar-refractivity contribution in [3.8, 4) is 0 Å². The maximum absolute atomic E-state index is 13.0. The van der Waals surface area contributed by atoms with E-state index in [1.165, 1.54) is 36.0 Å². The van der Waals surface area contributed by atoms with Crippen LogP contribution in [0, 0.1) is 11.7 Å². The number of ether oxygens (including phenoxy) is 1. The minimum absolute atomic E-state index is 0.0633. The zero-order valence-electron chi connectivity index (χ0n) is 14.8. The number of carbonyl (C=O) groups excluding carboxylic acids is 1. The van der Waals surface area contributed by atoms with Gasteiger partial charge in [0, 0.05) is 12.3 Å². The zero-order valence-corrected chi connectivity index (χ0v) is 15.6. The molecule has 1 N–H and O–H groups in total. The molecule has 1 aliphatic rings. The molecule has 26 heavy (non-hydrogen) atoms. The van der Waals surface area contributed by atoms with Crippen LogP contribution in [0.15, 0.2) is 29.4 Å². The summed E-state index contributed by atoms with van der Waals surface area (Å²) in [5.74, 6) is -0.442. The molecule has 0 bridgehead atoms. The van der Waals surface area contributed by atoms with Crippen LogP contribution in [0.25, 0.3) is 0 Å². The van der Waals surface area contributed by atoms with Crippen LogP contribution >= 0.6 is 11.8 Å². The van der Waals surface area contributed by atoms with Crippen molar-refractivity contribution in [3.05, 3.63) is 30.1 Å². The Morgan fingerprint density at radius 3 is 2.85 bits per heavy atom. The largest absolute Gasteiger partial charge is 0.376 e. The van der Waals surface area contributed by atoms with Crippen molar-refractivity contribution in [1.29, 1.82) is 0 Å². The van der Waals surface area contributed by atoms with Gasteiger partial charge < -0.3 is 10.1 Å². The molecule has 2 aromatic rings. The molecule has 1 aromatic carbocycles. The van der Waals surface area contributed by atoms with Crippen molar-refractivity contribution in [2.75, 3.05) is 11.9 Å². The fourth-order valence-corrected chi connectivity index (χ4v) is 3.71. The normalized spacial score (nSPS) is 18.2. The number of rotatable bonds is 7. The third-order valence-electron chi connectivity index (χ3n) is 4.11. The van der Waals surface area contributed by atoms with Gasteiger partial charge in [0.25, 0.3) is 0 Å². The van der Waals surface area contributed by atoms with Gasteiger partial charge in [-0.3, -0.25) is 4.79 Å². The standard InChI is InChI=1S/C17H22FN5O2S/c1-11(2)15(16(24)19-13-7-5-12(18)6-8-13)26-17-20-21-22-23(17)10-14-4-3-9-25-14/h5-8,11,14-15H,3-4,9-10H2,1-2H3,(H,19,24). The number of thioether (sulfide) groups is 1. The third-order valence-corrected chi connectivity index (χ3v) is 5.62. The van der Waals surface area contributed by atoms with Crippen LogP contribution in [0.3, 0.4) is 0 Å². The van der Waals surface area contributed by atoms with E-state index in [0.29, 0.717) is 17.4 Å². The Morgan fingerprint density at radius 1 is 1.42 bits per heavy atom. The van der Waals surface area contributed by atoms with Crippen molar-refractivity contribution in [2.45, 2.75) is 49.7 Å². The average Bonchev–Trinajstić information content (AvgIpc) is 3.27. The molecule has 2 heterocycles. The fraction of sp³-hybridized carbons (Fsp3) is 0.529. The second-order valence-corrected chi connectivity index (χ2v) is 7.67. The van der Waals surface area contributed by atoms with Crippen LogP contribution in [-0.2, 0) is 16.1 Å². The molecule has 3 rings (SSSR count). The highest BCUT2D eigenvalue weighted by molar-refractivity contribution is 8.00. The summed E-state index contributed by atoms with van der Waals surface area (Å²) >= 11 is 1.33. The number of tetrazole rings is 1. The van der Waals surface area contributed by atoms with Crippen molar-refractivity contribution < 1.29 is 13.9 Å². The molecule has 2 unspecified atom stereocenters. The van der Waals surface area contributed by atoms with Crippen LogP contribution in [0.1, 0.15) is 26.7 Å². The predicted octanol–water partition coefficient (Wildman–Crippen LogP) is 2.75. The van der Waals surface area contributed by atoms with Crippen LogP contribution in [0.2, 0.25) is 0 Å². The Hall–Kier alpha value is -2.00. The minimum atomic E-state index is -0.380. The Bertz CT molecular complexity index is 731. The molecular weight excluding hydrogens is 357 g/mol. The number of hydrogen-bond acceptors (Lipinski definition) is 6. The zero-order chi connectivity index (χ0) is 18.5. The molecule has 9 heteroatoms. The SMILES string of the molecule is CC(C)C(Sc1nnnn1CC1CCCO1)C(=O)Nc1ccc(F)cc1. The van der Waals surface area contributed by atoms with E-state index in [1.54, 1.807) is 4.68 Å². The lowest BCUT2D eigenvalue weighted by Gasteiger charge is -2.19. The summed E-state index contributed by atoms with van der Waals surface area (Å²) < 4.78 is 20.4. The highest BCUT2D eigenvalue weighted by atomic mass is 32.2. The van der Waals surface area contributed by atoms with Gasteiger partial charge in [0.2, 0.25) is 11.1 Å². The first kappa shape index (κ1) is 18.8. The first-order chi connectivity index (χ1) is 12.5. The van der Waals surface area contributed by atoms with Crippen LogP contribution in [0.4, 0.5) is 10.1 Å². The summed E-state index contributed by atoms with van der Waals surface area (Å²) in [6.45, 7) is 5.29. The van der Waals surface area contributed by atoms with Crippen LogP contribution in [0.5, 0.6) is 0 Å². The van der Waals surface area contributed by atoms with E-state index in [-0.39, 0.29) is 29.0 Å². The summed E-state index contributed by atoms with van der Waals surface area (Å²) in [4.78, 5) is 12.7. The van der Waals surface area contributed by atoms with Crippen molar-refractivity contribution in [3.63, 3.8) is 0 Å². The molecule has 140 valence electrons. The predicted molar refractivity (Wildman–Crippen MR) is 96.3 cm³/mol. The third kappa shape index (κ3) is 4.79. The molecule has 1 aliphatic heterocycles. The van der Waals surface area contributed by atoms with Crippen molar-refractivity contribution in [2.24, 2.45) is 5.92 Å². The number of nitrogens with one attached hydrogen (secondary N) is 1. The molecule has 0 aliphatic carbocycles. The lowest BCUT2D eigenvalue weighted by Crippen LogP contribution is -2.30. The number of hydrogen-bond donors (Lipinski definition) is 1. The molecule has 1 saturated heterocycles. The Kier molecular flexibility index (Phi) is 6.20. The lowest BCUT2D eigenvalue weighted by atomic mass is 10.1. The van der Waals surface area contributed by atoms with E-state index in [2.05, 4.69) is 20.8 Å². The molecule has 2 atom stereocenters. The smallest absolute Gasteiger partial charge is 0.238 e. The van der Waals surface area contributed by atoms with E-state index in [9.17, 15) is 9.18 Å². The second kappa shape index (κ2) is 8.59. The van der Waals surface area contributed by atoms with E-state index >= 15 is 0 Å². The van der Waals surface area contributed by atoms with Crippen molar-refractivity contribution >= 4 is 23.4 Å². The Morgan fingerprint density at radius 2 is 2.19 bits per heavy atom. The fourth-order valence-electron chi connectivity index (χ4n) is 2.73. The molecule has 0 spiro atoms. The summed E-state index contributed by atoms with van der Waals surface area (Å²) in [5.41, 5.74) is 0.557.